The number of benzene rings is 2. The second kappa shape index (κ2) is 10.8. The highest BCUT2D eigenvalue weighted by molar-refractivity contribution is 6.00. The zero-order valence-electron chi connectivity index (χ0n) is 24.5. The first kappa shape index (κ1) is 28.1. The van der Waals surface area contributed by atoms with Crippen LogP contribution in [0.3, 0.4) is 0 Å². The number of alkyl halides is 2. The lowest BCUT2D eigenvalue weighted by Crippen LogP contribution is -2.50. The molecule has 0 bridgehead atoms. The van der Waals surface area contributed by atoms with E-state index in [1.54, 1.807) is 0 Å². The summed E-state index contributed by atoms with van der Waals surface area (Å²) in [5.74, 6) is -0.857. The van der Waals surface area contributed by atoms with E-state index in [1.807, 2.05) is 67.3 Å². The highest BCUT2D eigenvalue weighted by Gasteiger charge is 2.52. The summed E-state index contributed by atoms with van der Waals surface area (Å²) in [6.45, 7) is 4.50. The molecule has 44 heavy (non-hydrogen) atoms. The van der Waals surface area contributed by atoms with Crippen LogP contribution in [-0.2, 0) is 16.0 Å². The topological polar surface area (TPSA) is 116 Å². The molecule has 11 heteroatoms. The van der Waals surface area contributed by atoms with Gasteiger partial charge in [-0.1, -0.05) is 24.3 Å². The Balaban J connectivity index is 1.16. The summed E-state index contributed by atoms with van der Waals surface area (Å²) < 4.78 is 28.3. The van der Waals surface area contributed by atoms with E-state index in [9.17, 15) is 18.4 Å². The molecule has 0 radical (unpaired) electrons. The van der Waals surface area contributed by atoms with Crippen molar-refractivity contribution in [1.29, 1.82) is 0 Å². The monoisotopic (exact) mass is 597 g/mol. The van der Waals surface area contributed by atoms with E-state index in [0.29, 0.717) is 36.7 Å². The Morgan fingerprint density at radius 3 is 2.48 bits per heavy atom. The molecule has 7 rings (SSSR count). The highest BCUT2D eigenvalue weighted by atomic mass is 19.1. The molecule has 9 nitrogen and oxygen atoms in total. The summed E-state index contributed by atoms with van der Waals surface area (Å²) in [6, 6.07) is 14.3. The number of halogens is 2. The van der Waals surface area contributed by atoms with Crippen molar-refractivity contribution in [1.82, 2.24) is 25.5 Å². The first-order valence-corrected chi connectivity index (χ1v) is 15.0. The minimum absolute atomic E-state index is 0.156. The summed E-state index contributed by atoms with van der Waals surface area (Å²) in [5, 5.41) is 13.0. The molecule has 4 aromatic rings. The molecule has 1 aliphatic heterocycles. The molecule has 3 aliphatic rings. The number of anilines is 2. The number of hydrogen-bond acceptors (Lipinski definition) is 6. The summed E-state index contributed by atoms with van der Waals surface area (Å²) >= 11 is 0. The predicted molar refractivity (Wildman–Crippen MR) is 163 cm³/mol. The van der Waals surface area contributed by atoms with Crippen molar-refractivity contribution >= 4 is 23.3 Å². The van der Waals surface area contributed by atoms with Crippen molar-refractivity contribution in [2.24, 2.45) is 0 Å². The van der Waals surface area contributed by atoms with E-state index in [2.05, 4.69) is 30.8 Å². The van der Waals surface area contributed by atoms with Gasteiger partial charge >= 0.3 is 0 Å². The molecule has 2 aromatic heterocycles. The van der Waals surface area contributed by atoms with Crippen molar-refractivity contribution in [3.05, 3.63) is 77.4 Å². The van der Waals surface area contributed by atoms with Crippen molar-refractivity contribution < 1.29 is 18.4 Å². The maximum Gasteiger partial charge on any atom is 0.258 e. The van der Waals surface area contributed by atoms with Crippen molar-refractivity contribution in [2.75, 3.05) is 23.3 Å². The van der Waals surface area contributed by atoms with Crippen molar-refractivity contribution in [3.63, 3.8) is 0 Å². The van der Waals surface area contributed by atoms with Crippen molar-refractivity contribution in [3.8, 4) is 22.4 Å². The van der Waals surface area contributed by atoms with Gasteiger partial charge in [-0.05, 0) is 74.4 Å². The van der Waals surface area contributed by atoms with E-state index in [4.69, 9.17) is 0 Å². The zero-order valence-corrected chi connectivity index (χ0v) is 24.5. The number of fused-ring (bicyclic) bond motifs is 1. The van der Waals surface area contributed by atoms with Crippen LogP contribution in [0.15, 0.2) is 54.9 Å². The number of aromatic nitrogens is 4. The first-order chi connectivity index (χ1) is 21.2. The largest absolute Gasteiger partial charge is 0.351 e. The third-order valence-electron chi connectivity index (χ3n) is 9.02. The van der Waals surface area contributed by atoms with Gasteiger partial charge in [0.05, 0.1) is 24.5 Å². The van der Waals surface area contributed by atoms with E-state index in [-0.39, 0.29) is 18.8 Å². The number of H-pyrrole nitrogens is 1. The SMILES string of the molecule is Cc1n[nH]c(C)c1-c1ccc(NC(=O)C(NC(=O)C2(F)CC2)[C@@H]2CCc3ccc(-c4cc(N5CC(F)C5)ncn4)cc32)cc1. The van der Waals surface area contributed by atoms with Gasteiger partial charge in [0.25, 0.3) is 5.91 Å². The van der Waals surface area contributed by atoms with Gasteiger partial charge in [0, 0.05) is 34.5 Å². The predicted octanol–water partition coefficient (Wildman–Crippen LogP) is 4.96. The number of hydrogen-bond donors (Lipinski definition) is 3. The number of nitrogens with one attached hydrogen (secondary N) is 3. The fourth-order valence-electron chi connectivity index (χ4n) is 6.30. The lowest BCUT2D eigenvalue weighted by molar-refractivity contribution is -0.131. The molecule has 3 heterocycles. The fourth-order valence-corrected chi connectivity index (χ4v) is 6.30. The maximum atomic E-state index is 14.8. The lowest BCUT2D eigenvalue weighted by Gasteiger charge is -2.35. The first-order valence-electron chi connectivity index (χ1n) is 15.0. The number of carbonyl (C=O) groups is 2. The Morgan fingerprint density at radius 2 is 1.80 bits per heavy atom. The molecule has 2 amide bonds. The van der Waals surface area contributed by atoms with Crippen LogP contribution >= 0.6 is 0 Å². The number of amides is 2. The van der Waals surface area contributed by atoms with Crippen LogP contribution in [0.5, 0.6) is 0 Å². The Kier molecular flexibility index (Phi) is 6.90. The fraction of sp³-hybridized carbons (Fsp3) is 0.364. The lowest BCUT2D eigenvalue weighted by atomic mass is 9.90. The molecule has 1 saturated carbocycles. The number of nitrogens with zero attached hydrogens (tertiary/aromatic N) is 4. The summed E-state index contributed by atoms with van der Waals surface area (Å²) in [4.78, 5) is 37.4. The number of aromatic amines is 1. The number of aryl methyl sites for hydroxylation is 3. The van der Waals surface area contributed by atoms with Crippen molar-refractivity contribution in [2.45, 2.75) is 63.3 Å². The zero-order chi connectivity index (χ0) is 30.6. The van der Waals surface area contributed by atoms with Crippen LogP contribution in [0.4, 0.5) is 20.3 Å². The third kappa shape index (κ3) is 5.20. The molecule has 2 fully saturated rings. The van der Waals surface area contributed by atoms with Gasteiger partial charge in [-0.15, -0.1) is 0 Å². The second-order valence-corrected chi connectivity index (χ2v) is 12.1. The molecule has 2 aliphatic carbocycles. The van der Waals surface area contributed by atoms with E-state index in [0.717, 1.165) is 45.6 Å². The van der Waals surface area contributed by atoms with Gasteiger partial charge in [0.1, 0.15) is 24.4 Å². The van der Waals surface area contributed by atoms with Crippen LogP contribution in [0.25, 0.3) is 22.4 Å². The van der Waals surface area contributed by atoms with Gasteiger partial charge < -0.3 is 15.5 Å². The molecular formula is C33H33F2N7O2. The van der Waals surface area contributed by atoms with E-state index in [1.165, 1.54) is 6.33 Å². The third-order valence-corrected chi connectivity index (χ3v) is 9.02. The average molecular weight is 598 g/mol. The maximum absolute atomic E-state index is 14.8. The molecule has 1 saturated heterocycles. The van der Waals surface area contributed by atoms with Gasteiger partial charge in [-0.25, -0.2) is 18.7 Å². The van der Waals surface area contributed by atoms with E-state index >= 15 is 0 Å². The average Bonchev–Trinajstić information content (AvgIpc) is 3.49. The molecule has 1 unspecified atom stereocenters. The Bertz CT molecular complexity index is 1730. The molecule has 226 valence electrons. The smallest absolute Gasteiger partial charge is 0.258 e. The molecular weight excluding hydrogens is 564 g/mol. The number of rotatable bonds is 8. The highest BCUT2D eigenvalue weighted by Crippen LogP contribution is 2.42. The van der Waals surface area contributed by atoms with Gasteiger partial charge in [0.2, 0.25) is 5.91 Å². The Hall–Kier alpha value is -4.67. The van der Waals surface area contributed by atoms with Gasteiger partial charge in [-0.2, -0.15) is 5.10 Å². The van der Waals surface area contributed by atoms with E-state index < -0.39 is 29.7 Å². The standard InChI is InChI=1S/C33H33F2N7O2/c1-18-29(19(2)41-40-18)21-5-8-24(9-6-21)38-31(43)30(39-32(44)33(35)11-12-33)25-10-7-20-3-4-22(13-26(20)25)27-14-28(37-17-36-27)42-15-23(34)16-42/h3-6,8-9,13-14,17,23,25,30H,7,10-12,15-16H2,1-2H3,(H,38,43)(H,39,44)(H,40,41)/t25-,30?/m1/s1. The summed E-state index contributed by atoms with van der Waals surface area (Å²) in [7, 11) is 0. The number of carbonyl (C=O) groups excluding carboxylic acids is 2. The van der Waals surface area contributed by atoms with Crippen LogP contribution in [-0.4, -0.2) is 63.0 Å². The van der Waals surface area contributed by atoms with Crippen LogP contribution in [0, 0.1) is 13.8 Å². The quantitative estimate of drug-likeness (QED) is 0.264. The summed E-state index contributed by atoms with van der Waals surface area (Å²) in [6.07, 6.45) is 2.27. The molecule has 2 aromatic carbocycles. The summed E-state index contributed by atoms with van der Waals surface area (Å²) in [5.41, 5.74) is 5.95. The van der Waals surface area contributed by atoms with Crippen LogP contribution in [0.1, 0.15) is 47.7 Å². The van der Waals surface area contributed by atoms with Gasteiger partial charge in [0.15, 0.2) is 5.67 Å². The van der Waals surface area contributed by atoms with Crippen LogP contribution < -0.4 is 15.5 Å². The minimum atomic E-state index is -1.92. The Labute approximate surface area is 253 Å². The van der Waals surface area contributed by atoms with Gasteiger partial charge in [-0.3, -0.25) is 14.7 Å². The second-order valence-electron chi connectivity index (χ2n) is 12.1. The molecule has 2 atom stereocenters. The van der Waals surface area contributed by atoms with Crippen LogP contribution in [0.2, 0.25) is 0 Å². The minimum Gasteiger partial charge on any atom is -0.351 e. The Morgan fingerprint density at radius 1 is 1.05 bits per heavy atom. The molecule has 3 N–H and O–H groups in total. The normalized spacial score (nSPS) is 19.2. The molecule has 0 spiro atoms.